The molecule has 92 valence electrons. The van der Waals surface area contributed by atoms with E-state index in [1.54, 1.807) is 0 Å². The van der Waals surface area contributed by atoms with Gasteiger partial charge in [-0.3, -0.25) is 9.80 Å². The van der Waals surface area contributed by atoms with Crippen molar-refractivity contribution in [3.63, 3.8) is 0 Å². The fourth-order valence-corrected chi connectivity index (χ4v) is 1.48. The van der Waals surface area contributed by atoms with Gasteiger partial charge in [-0.2, -0.15) is 0 Å². The largest absolute Gasteiger partial charge is 0.356 e. The molecule has 0 aromatic carbocycles. The first-order valence-corrected chi connectivity index (χ1v) is 4.95. The molecule has 0 spiro atoms. The zero-order chi connectivity index (χ0) is 13.7. The summed E-state index contributed by atoms with van der Waals surface area (Å²) in [6.07, 6.45) is 13.8. The van der Waals surface area contributed by atoms with Crippen LogP contribution in [-0.4, -0.2) is 57.9 Å². The number of aliphatic hydroxyl groups excluding tert-OH is 1. The highest BCUT2D eigenvalue weighted by atomic mass is 16.3. The van der Waals surface area contributed by atoms with Crippen LogP contribution in [0.3, 0.4) is 0 Å². The van der Waals surface area contributed by atoms with Crippen LogP contribution < -0.4 is 0 Å². The summed E-state index contributed by atoms with van der Waals surface area (Å²) in [6, 6.07) is -1.48. The van der Waals surface area contributed by atoms with E-state index in [2.05, 4.69) is 17.8 Å². The van der Waals surface area contributed by atoms with E-state index in [1.807, 2.05) is 0 Å². The van der Waals surface area contributed by atoms with Gasteiger partial charge in [-0.05, 0) is 0 Å². The molecule has 1 aliphatic rings. The van der Waals surface area contributed by atoms with Crippen molar-refractivity contribution in [2.24, 2.45) is 0 Å². The molecule has 18 heavy (non-hydrogen) atoms. The first kappa shape index (κ1) is 13.4. The van der Waals surface area contributed by atoms with E-state index in [1.165, 1.54) is 0 Å². The first-order chi connectivity index (χ1) is 8.58. The lowest BCUT2D eigenvalue weighted by atomic mass is 10.4. The number of nitrogens with zero attached hydrogens (tertiary/aromatic N) is 3. The van der Waals surface area contributed by atoms with Crippen LogP contribution in [0.4, 0.5) is 9.59 Å². The third kappa shape index (κ3) is 2.22. The number of carbonyl (C=O) groups excluding carboxylic acids is 2. The molecule has 1 saturated heterocycles. The average Bonchev–Trinajstić information content (AvgIpc) is 2.35. The van der Waals surface area contributed by atoms with Crippen molar-refractivity contribution >= 4 is 12.1 Å². The van der Waals surface area contributed by atoms with Gasteiger partial charge in [-0.1, -0.05) is 17.8 Å². The summed E-state index contributed by atoms with van der Waals surface area (Å²) in [7, 11) is 0. The molecule has 4 amide bonds. The molecule has 1 N–H and O–H groups in total. The highest BCUT2D eigenvalue weighted by Gasteiger charge is 2.42. The second-order valence-corrected chi connectivity index (χ2v) is 3.37. The number of urea groups is 2. The number of imide groups is 1. The molecule has 6 nitrogen and oxygen atoms in total. The van der Waals surface area contributed by atoms with E-state index < -0.39 is 18.4 Å². The van der Waals surface area contributed by atoms with E-state index in [0.717, 1.165) is 14.7 Å². The van der Waals surface area contributed by atoms with Gasteiger partial charge in [0.2, 0.25) is 6.35 Å². The number of aliphatic hydroxyl groups is 1. The van der Waals surface area contributed by atoms with Gasteiger partial charge in [-0.25, -0.2) is 14.5 Å². The average molecular weight is 245 g/mol. The summed E-state index contributed by atoms with van der Waals surface area (Å²) in [5, 5.41) is 9.86. The van der Waals surface area contributed by atoms with Gasteiger partial charge in [0.25, 0.3) is 0 Å². The van der Waals surface area contributed by atoms with Gasteiger partial charge >= 0.3 is 12.1 Å². The predicted octanol–water partition coefficient (Wildman–Crippen LogP) is -0.678. The summed E-state index contributed by atoms with van der Waals surface area (Å²) >= 11 is 0. The predicted molar refractivity (Wildman–Crippen MR) is 63.4 cm³/mol. The summed E-state index contributed by atoms with van der Waals surface area (Å²) in [5.74, 6) is 6.62. The molecule has 1 fully saturated rings. The molecule has 0 unspecified atom stereocenters. The Hall–Kier alpha value is -2.62. The smallest absolute Gasteiger partial charge is 0.333 e. The van der Waals surface area contributed by atoms with Crippen molar-refractivity contribution in [1.29, 1.82) is 0 Å². The number of amides is 4. The topological polar surface area (TPSA) is 64.1 Å². The van der Waals surface area contributed by atoms with Crippen molar-refractivity contribution in [3.8, 4) is 37.0 Å². The third-order valence-electron chi connectivity index (χ3n) is 2.28. The Bertz CT molecular complexity index is 444. The lowest BCUT2D eigenvalue weighted by Crippen LogP contribution is -2.66. The minimum absolute atomic E-state index is 0.157. The highest BCUT2D eigenvalue weighted by molar-refractivity contribution is 5.96. The van der Waals surface area contributed by atoms with Crippen LogP contribution in [0.5, 0.6) is 0 Å². The lowest BCUT2D eigenvalue weighted by molar-refractivity contribution is -0.0817. The minimum atomic E-state index is -1.48. The van der Waals surface area contributed by atoms with Crippen molar-refractivity contribution in [2.75, 3.05) is 19.6 Å². The Morgan fingerprint density at radius 2 is 1.33 bits per heavy atom. The van der Waals surface area contributed by atoms with Crippen LogP contribution in [0.15, 0.2) is 0 Å². The Kier molecular flexibility index (Phi) is 4.21. The standard InChI is InChI=1S/C12H11N3O3/c1-4-7-13-10(16)14(8-5-2)12(18)15(9-6-3)11(13)17/h1-3,10,16H,7-9H2. The Labute approximate surface area is 105 Å². The molecule has 0 aromatic heterocycles. The van der Waals surface area contributed by atoms with E-state index in [9.17, 15) is 14.7 Å². The number of terminal acetylenes is 3. The van der Waals surface area contributed by atoms with Gasteiger partial charge in [0.15, 0.2) is 0 Å². The minimum Gasteiger partial charge on any atom is -0.356 e. The quantitative estimate of drug-likeness (QED) is 0.670. The third-order valence-corrected chi connectivity index (χ3v) is 2.28. The van der Waals surface area contributed by atoms with Gasteiger partial charge in [0.05, 0.1) is 19.6 Å². The van der Waals surface area contributed by atoms with Gasteiger partial charge in [0.1, 0.15) is 0 Å². The normalized spacial score (nSPS) is 16.2. The number of carbonyl (C=O) groups is 2. The molecular weight excluding hydrogens is 234 g/mol. The van der Waals surface area contributed by atoms with Crippen molar-refractivity contribution in [2.45, 2.75) is 6.35 Å². The maximum Gasteiger partial charge on any atom is 0.333 e. The maximum atomic E-state index is 11.9. The second kappa shape index (κ2) is 5.63. The van der Waals surface area contributed by atoms with Crippen molar-refractivity contribution in [1.82, 2.24) is 14.7 Å². The fourth-order valence-electron chi connectivity index (χ4n) is 1.48. The molecular formula is C12H11N3O3. The van der Waals surface area contributed by atoms with E-state index in [0.29, 0.717) is 0 Å². The van der Waals surface area contributed by atoms with Crippen molar-refractivity contribution in [3.05, 3.63) is 0 Å². The summed E-state index contributed by atoms with van der Waals surface area (Å²) < 4.78 is 0. The SMILES string of the molecule is C#CCN1C(=O)N(CC#C)C(O)N(CC#C)C1=O. The van der Waals surface area contributed by atoms with Crippen LogP contribution in [0, 0.1) is 37.0 Å². The number of hydrogen-bond acceptors (Lipinski definition) is 3. The van der Waals surface area contributed by atoms with E-state index in [4.69, 9.17) is 19.3 Å². The van der Waals surface area contributed by atoms with Crippen LogP contribution in [0.25, 0.3) is 0 Å². The second-order valence-electron chi connectivity index (χ2n) is 3.37. The molecule has 1 heterocycles. The number of rotatable bonds is 3. The van der Waals surface area contributed by atoms with Gasteiger partial charge in [0, 0.05) is 0 Å². The van der Waals surface area contributed by atoms with Crippen LogP contribution >= 0.6 is 0 Å². The molecule has 0 atom stereocenters. The maximum absolute atomic E-state index is 11.9. The molecule has 1 aliphatic heterocycles. The Morgan fingerprint density at radius 3 is 1.67 bits per heavy atom. The molecule has 1 rings (SSSR count). The first-order valence-electron chi connectivity index (χ1n) is 4.95. The molecule has 0 aliphatic carbocycles. The molecule has 0 aromatic rings. The van der Waals surface area contributed by atoms with Crippen LogP contribution in [-0.2, 0) is 0 Å². The molecule has 6 heteroatoms. The van der Waals surface area contributed by atoms with Crippen molar-refractivity contribution < 1.29 is 14.7 Å². The number of hydrogen-bond donors (Lipinski definition) is 1. The molecule has 0 bridgehead atoms. The Balaban J connectivity index is 3.08. The zero-order valence-corrected chi connectivity index (χ0v) is 9.54. The van der Waals surface area contributed by atoms with E-state index >= 15 is 0 Å². The van der Waals surface area contributed by atoms with E-state index in [-0.39, 0.29) is 19.6 Å². The monoisotopic (exact) mass is 245 g/mol. The van der Waals surface area contributed by atoms with Gasteiger partial charge in [-0.15, -0.1) is 19.3 Å². The van der Waals surface area contributed by atoms with Crippen LogP contribution in [0.1, 0.15) is 0 Å². The molecule has 0 radical (unpaired) electrons. The molecule has 0 saturated carbocycles. The zero-order valence-electron chi connectivity index (χ0n) is 9.54. The Morgan fingerprint density at radius 1 is 0.944 bits per heavy atom. The summed E-state index contributed by atoms with van der Waals surface area (Å²) in [5.41, 5.74) is 0. The summed E-state index contributed by atoms with van der Waals surface area (Å²) in [6.45, 7) is -0.530. The summed E-state index contributed by atoms with van der Waals surface area (Å²) in [4.78, 5) is 26.4. The lowest BCUT2D eigenvalue weighted by Gasteiger charge is -2.42. The fraction of sp³-hybridized carbons (Fsp3) is 0.333. The highest BCUT2D eigenvalue weighted by Crippen LogP contribution is 2.16. The van der Waals surface area contributed by atoms with Crippen LogP contribution in [0.2, 0.25) is 0 Å². The van der Waals surface area contributed by atoms with Gasteiger partial charge < -0.3 is 5.11 Å².